The number of hydrogen-bond donors (Lipinski definition) is 1. The van der Waals surface area contributed by atoms with Crippen molar-refractivity contribution in [3.8, 4) is 0 Å². The number of para-hydroxylation sites is 2. The van der Waals surface area contributed by atoms with Crippen molar-refractivity contribution < 1.29 is 9.18 Å². The van der Waals surface area contributed by atoms with Gasteiger partial charge in [-0.15, -0.1) is 0 Å². The van der Waals surface area contributed by atoms with E-state index in [0.717, 1.165) is 47.2 Å². The van der Waals surface area contributed by atoms with E-state index >= 15 is 0 Å². The topological polar surface area (TPSA) is 48.5 Å². The van der Waals surface area contributed by atoms with Crippen molar-refractivity contribution in [3.63, 3.8) is 0 Å². The minimum absolute atomic E-state index is 0.197. The van der Waals surface area contributed by atoms with Crippen LogP contribution >= 0.6 is 15.9 Å². The van der Waals surface area contributed by atoms with E-state index in [0.29, 0.717) is 0 Å². The van der Waals surface area contributed by atoms with Gasteiger partial charge in [0.15, 0.2) is 0 Å². The number of rotatable bonds is 4. The number of nitrogens with zero attached hydrogens (tertiary/aromatic N) is 3. The molecule has 0 saturated carbocycles. The Morgan fingerprint density at radius 1 is 1.07 bits per heavy atom. The largest absolute Gasteiger partial charge is 0.368 e. The van der Waals surface area contributed by atoms with Crippen molar-refractivity contribution in [3.05, 3.63) is 65.0 Å². The summed E-state index contributed by atoms with van der Waals surface area (Å²) in [4.78, 5) is 21.1. The summed E-state index contributed by atoms with van der Waals surface area (Å²) in [5.74, 6) is -0.617. The van der Waals surface area contributed by atoms with Gasteiger partial charge in [-0.25, -0.2) is 4.39 Å². The molecule has 0 bridgehead atoms. The van der Waals surface area contributed by atoms with Crippen molar-refractivity contribution in [1.29, 1.82) is 0 Å². The molecule has 1 saturated heterocycles. The van der Waals surface area contributed by atoms with E-state index in [9.17, 15) is 9.18 Å². The molecule has 1 aliphatic heterocycles. The van der Waals surface area contributed by atoms with Crippen LogP contribution in [0.3, 0.4) is 0 Å². The lowest BCUT2D eigenvalue weighted by Gasteiger charge is -2.36. The van der Waals surface area contributed by atoms with Crippen molar-refractivity contribution in [2.45, 2.75) is 0 Å². The minimum Gasteiger partial charge on any atom is -0.368 e. The van der Waals surface area contributed by atoms with Crippen molar-refractivity contribution in [2.75, 3.05) is 42.9 Å². The van der Waals surface area contributed by atoms with E-state index in [4.69, 9.17) is 0 Å². The highest BCUT2D eigenvalue weighted by Gasteiger charge is 2.21. The summed E-state index contributed by atoms with van der Waals surface area (Å²) in [6, 6.07) is 14.3. The average Bonchev–Trinajstić information content (AvgIpc) is 2.70. The Bertz CT molecular complexity index is 1000. The number of carbonyl (C=O) groups is 1. The lowest BCUT2D eigenvalue weighted by atomic mass is 10.1. The van der Waals surface area contributed by atoms with Crippen LogP contribution in [0, 0.1) is 5.82 Å². The summed E-state index contributed by atoms with van der Waals surface area (Å²) in [7, 11) is 0. The molecular weight excluding hydrogens is 423 g/mol. The third kappa shape index (κ3) is 4.00. The van der Waals surface area contributed by atoms with Gasteiger partial charge in [-0.05, 0) is 40.2 Å². The molecule has 144 valence electrons. The van der Waals surface area contributed by atoms with Gasteiger partial charge < -0.3 is 10.2 Å². The Kier molecular flexibility index (Phi) is 5.54. The number of carbonyl (C=O) groups excluding carboxylic acids is 1. The highest BCUT2D eigenvalue weighted by Crippen LogP contribution is 2.30. The van der Waals surface area contributed by atoms with E-state index in [1.165, 1.54) is 6.07 Å². The molecule has 2 aromatic carbocycles. The molecule has 2 heterocycles. The number of halogens is 2. The third-order valence-electron chi connectivity index (χ3n) is 4.93. The van der Waals surface area contributed by atoms with Gasteiger partial charge in [0.2, 0.25) is 5.91 Å². The van der Waals surface area contributed by atoms with Crippen LogP contribution < -0.4 is 10.2 Å². The van der Waals surface area contributed by atoms with Crippen LogP contribution in [0.1, 0.15) is 0 Å². The van der Waals surface area contributed by atoms with Gasteiger partial charge >= 0.3 is 0 Å². The van der Waals surface area contributed by atoms with E-state index in [-0.39, 0.29) is 18.1 Å². The smallest absolute Gasteiger partial charge is 0.238 e. The Morgan fingerprint density at radius 3 is 2.64 bits per heavy atom. The number of hydrogen-bond acceptors (Lipinski definition) is 4. The third-order valence-corrected chi connectivity index (χ3v) is 5.57. The molecule has 3 aromatic rings. The van der Waals surface area contributed by atoms with Crippen LogP contribution in [-0.2, 0) is 4.79 Å². The SMILES string of the molecule is O=C(CN1CCN(c2ccnc3c(Br)cccc23)CC1)Nc1ccccc1F. The van der Waals surface area contributed by atoms with Gasteiger partial charge in [0.25, 0.3) is 0 Å². The number of anilines is 2. The predicted molar refractivity (Wildman–Crippen MR) is 113 cm³/mol. The second-order valence-electron chi connectivity index (χ2n) is 6.76. The standard InChI is InChI=1S/C21H20BrFN4O/c22-16-5-3-4-15-19(8-9-24-21(15)16)27-12-10-26(11-13-27)14-20(28)25-18-7-2-1-6-17(18)23/h1-9H,10-14H2,(H,25,28). The van der Waals surface area contributed by atoms with Crippen LogP contribution in [-0.4, -0.2) is 48.5 Å². The molecule has 5 nitrogen and oxygen atoms in total. The quantitative estimate of drug-likeness (QED) is 0.665. The molecule has 1 N–H and O–H groups in total. The molecule has 1 amide bonds. The number of piperazine rings is 1. The van der Waals surface area contributed by atoms with E-state index in [1.54, 1.807) is 18.2 Å². The van der Waals surface area contributed by atoms with Crippen LogP contribution in [0.2, 0.25) is 0 Å². The fourth-order valence-corrected chi connectivity index (χ4v) is 3.97. The number of aromatic nitrogens is 1. The molecule has 0 radical (unpaired) electrons. The van der Waals surface area contributed by atoms with Crippen molar-refractivity contribution in [2.24, 2.45) is 0 Å². The first kappa shape index (κ1) is 18.8. The summed E-state index contributed by atoms with van der Waals surface area (Å²) in [6.07, 6.45) is 1.83. The second-order valence-corrected chi connectivity index (χ2v) is 7.61. The monoisotopic (exact) mass is 442 g/mol. The maximum atomic E-state index is 13.7. The highest BCUT2D eigenvalue weighted by atomic mass is 79.9. The van der Waals surface area contributed by atoms with E-state index < -0.39 is 5.82 Å². The maximum absolute atomic E-state index is 13.7. The van der Waals surface area contributed by atoms with Gasteiger partial charge in [-0.2, -0.15) is 0 Å². The number of amides is 1. The molecule has 1 aliphatic rings. The van der Waals surface area contributed by atoms with E-state index in [2.05, 4.69) is 42.1 Å². The number of fused-ring (bicyclic) bond motifs is 1. The number of nitrogens with one attached hydrogen (secondary N) is 1. The Balaban J connectivity index is 1.38. The first-order chi connectivity index (χ1) is 13.6. The first-order valence-corrected chi connectivity index (χ1v) is 9.96. The van der Waals surface area contributed by atoms with Gasteiger partial charge in [0.1, 0.15) is 5.82 Å². The van der Waals surface area contributed by atoms with Gasteiger partial charge in [-0.3, -0.25) is 14.7 Å². The van der Waals surface area contributed by atoms with Crippen LogP contribution in [0.4, 0.5) is 15.8 Å². The van der Waals surface area contributed by atoms with Gasteiger partial charge in [-0.1, -0.05) is 24.3 Å². The maximum Gasteiger partial charge on any atom is 0.238 e. The Hall–Kier alpha value is -2.51. The Morgan fingerprint density at radius 2 is 1.86 bits per heavy atom. The van der Waals surface area contributed by atoms with Crippen LogP contribution in [0.15, 0.2) is 59.2 Å². The molecule has 4 rings (SSSR count). The predicted octanol–water partition coefficient (Wildman–Crippen LogP) is 3.90. The molecular formula is C21H20BrFN4O. The van der Waals surface area contributed by atoms with Crippen LogP contribution in [0.25, 0.3) is 10.9 Å². The zero-order valence-corrected chi connectivity index (χ0v) is 16.8. The van der Waals surface area contributed by atoms with Crippen molar-refractivity contribution >= 4 is 44.1 Å². The fraction of sp³-hybridized carbons (Fsp3) is 0.238. The lowest BCUT2D eigenvalue weighted by Crippen LogP contribution is -2.48. The fourth-order valence-electron chi connectivity index (χ4n) is 3.50. The normalized spacial score (nSPS) is 15.0. The lowest BCUT2D eigenvalue weighted by molar-refractivity contribution is -0.117. The first-order valence-electron chi connectivity index (χ1n) is 9.17. The summed E-state index contributed by atoms with van der Waals surface area (Å²) in [5, 5.41) is 3.76. The molecule has 0 aliphatic carbocycles. The number of benzene rings is 2. The van der Waals surface area contributed by atoms with Gasteiger partial charge in [0.05, 0.1) is 17.7 Å². The molecule has 28 heavy (non-hydrogen) atoms. The zero-order valence-electron chi connectivity index (χ0n) is 15.2. The molecule has 1 fully saturated rings. The molecule has 1 aromatic heterocycles. The zero-order chi connectivity index (χ0) is 19.5. The van der Waals surface area contributed by atoms with E-state index in [1.807, 2.05) is 24.4 Å². The molecule has 0 atom stereocenters. The highest BCUT2D eigenvalue weighted by molar-refractivity contribution is 9.10. The van der Waals surface area contributed by atoms with Crippen molar-refractivity contribution in [1.82, 2.24) is 9.88 Å². The molecule has 7 heteroatoms. The average molecular weight is 443 g/mol. The summed E-state index contributed by atoms with van der Waals surface area (Å²) >= 11 is 3.56. The summed E-state index contributed by atoms with van der Waals surface area (Å²) in [6.45, 7) is 3.42. The Labute approximate surface area is 171 Å². The summed E-state index contributed by atoms with van der Waals surface area (Å²) < 4.78 is 14.7. The van der Waals surface area contributed by atoms with Gasteiger partial charge in [0, 0.05) is 47.9 Å². The minimum atomic E-state index is -0.420. The summed E-state index contributed by atoms with van der Waals surface area (Å²) in [5.41, 5.74) is 2.33. The second kappa shape index (κ2) is 8.24. The van der Waals surface area contributed by atoms with Crippen LogP contribution in [0.5, 0.6) is 0 Å². The molecule has 0 unspecified atom stereocenters. The molecule has 0 spiro atoms. The number of pyridine rings is 1.